The molecule has 25 heavy (non-hydrogen) atoms. The summed E-state index contributed by atoms with van der Waals surface area (Å²) >= 11 is 3.51. The first kappa shape index (κ1) is 18.4. The second-order valence-corrected chi connectivity index (χ2v) is 8.27. The first-order chi connectivity index (χ1) is 12.0. The largest absolute Gasteiger partial charge is 0.486 e. The van der Waals surface area contributed by atoms with Crippen LogP contribution in [0, 0.1) is 0 Å². The van der Waals surface area contributed by atoms with Gasteiger partial charge in [-0.15, -0.1) is 0 Å². The van der Waals surface area contributed by atoms with Gasteiger partial charge in [-0.05, 0) is 37.6 Å². The maximum Gasteiger partial charge on any atom is 0.121 e. The van der Waals surface area contributed by atoms with Crippen molar-refractivity contribution in [2.24, 2.45) is 0 Å². The normalized spacial score (nSPS) is 16.8. The van der Waals surface area contributed by atoms with Gasteiger partial charge < -0.3 is 4.74 Å². The van der Waals surface area contributed by atoms with Gasteiger partial charge in [-0.2, -0.15) is 0 Å². The average molecular weight is 403 g/mol. The zero-order valence-electron chi connectivity index (χ0n) is 15.1. The first-order valence-electron chi connectivity index (χ1n) is 8.93. The van der Waals surface area contributed by atoms with E-state index in [-0.39, 0.29) is 5.60 Å². The summed E-state index contributed by atoms with van der Waals surface area (Å²) in [5.74, 6) is 0.919. The van der Waals surface area contributed by atoms with Crippen LogP contribution in [0.2, 0.25) is 0 Å². The summed E-state index contributed by atoms with van der Waals surface area (Å²) in [7, 11) is 0. The molecule has 1 saturated heterocycles. The number of rotatable bonds is 6. The predicted molar refractivity (Wildman–Crippen MR) is 107 cm³/mol. The molecule has 1 fully saturated rings. The van der Waals surface area contributed by atoms with Crippen molar-refractivity contribution in [3.63, 3.8) is 0 Å². The van der Waals surface area contributed by atoms with E-state index in [1.54, 1.807) is 0 Å². The molecule has 134 valence electrons. The summed E-state index contributed by atoms with van der Waals surface area (Å²) in [6.45, 7) is 10.7. The van der Waals surface area contributed by atoms with E-state index in [1.807, 2.05) is 24.3 Å². The third kappa shape index (κ3) is 5.84. The Balaban J connectivity index is 1.47. The van der Waals surface area contributed by atoms with Gasteiger partial charge in [0, 0.05) is 43.7 Å². The number of ether oxygens (including phenoxy) is 1. The summed E-state index contributed by atoms with van der Waals surface area (Å²) in [5.41, 5.74) is 1.19. The van der Waals surface area contributed by atoms with Gasteiger partial charge in [0.2, 0.25) is 0 Å². The Morgan fingerprint density at radius 1 is 0.920 bits per heavy atom. The van der Waals surface area contributed by atoms with Crippen molar-refractivity contribution < 1.29 is 4.74 Å². The second-order valence-electron chi connectivity index (χ2n) is 7.36. The molecule has 1 aliphatic heterocycles. The molecule has 0 bridgehead atoms. The summed E-state index contributed by atoms with van der Waals surface area (Å²) in [6.07, 6.45) is 0. The average Bonchev–Trinajstić information content (AvgIpc) is 2.57. The molecular weight excluding hydrogens is 376 g/mol. The minimum Gasteiger partial charge on any atom is -0.486 e. The van der Waals surface area contributed by atoms with Crippen LogP contribution in [-0.2, 0) is 6.54 Å². The Morgan fingerprint density at radius 2 is 1.60 bits per heavy atom. The molecule has 0 saturated carbocycles. The second kappa shape index (κ2) is 8.35. The molecule has 0 spiro atoms. The molecule has 0 radical (unpaired) electrons. The molecule has 1 aliphatic rings. The van der Waals surface area contributed by atoms with Crippen LogP contribution in [0.25, 0.3) is 0 Å². The minimum absolute atomic E-state index is 0.206. The zero-order valence-corrected chi connectivity index (χ0v) is 16.7. The number of nitrogens with zero attached hydrogens (tertiary/aromatic N) is 2. The van der Waals surface area contributed by atoms with Crippen molar-refractivity contribution in [2.75, 3.05) is 32.7 Å². The van der Waals surface area contributed by atoms with Gasteiger partial charge in [0.15, 0.2) is 0 Å². The maximum atomic E-state index is 6.22. The molecule has 0 atom stereocenters. The van der Waals surface area contributed by atoms with Gasteiger partial charge in [0.25, 0.3) is 0 Å². The zero-order chi connectivity index (χ0) is 17.7. The van der Waals surface area contributed by atoms with Crippen molar-refractivity contribution >= 4 is 15.9 Å². The van der Waals surface area contributed by atoms with E-state index < -0.39 is 0 Å². The lowest BCUT2D eigenvalue weighted by molar-refractivity contribution is 0.0343. The minimum atomic E-state index is -0.206. The molecule has 2 aromatic carbocycles. The Kier molecular flexibility index (Phi) is 6.15. The predicted octanol–water partition coefficient (Wildman–Crippen LogP) is 4.42. The van der Waals surface area contributed by atoms with Crippen molar-refractivity contribution in [3.05, 3.63) is 64.6 Å². The third-order valence-corrected chi connectivity index (χ3v) is 5.00. The first-order valence-corrected chi connectivity index (χ1v) is 9.73. The van der Waals surface area contributed by atoms with Crippen molar-refractivity contribution in [1.82, 2.24) is 9.80 Å². The van der Waals surface area contributed by atoms with Gasteiger partial charge in [0.1, 0.15) is 11.4 Å². The fourth-order valence-electron chi connectivity index (χ4n) is 3.37. The molecule has 0 N–H and O–H groups in total. The lowest BCUT2D eigenvalue weighted by Crippen LogP contribution is -2.51. The summed E-state index contributed by atoms with van der Waals surface area (Å²) in [6, 6.07) is 18.8. The van der Waals surface area contributed by atoms with Crippen LogP contribution in [0.4, 0.5) is 0 Å². The van der Waals surface area contributed by atoms with Crippen LogP contribution in [0.3, 0.4) is 0 Å². The lowest BCUT2D eigenvalue weighted by atomic mass is 10.1. The highest BCUT2D eigenvalue weighted by atomic mass is 79.9. The van der Waals surface area contributed by atoms with Crippen LogP contribution in [0.1, 0.15) is 19.4 Å². The molecule has 0 unspecified atom stereocenters. The van der Waals surface area contributed by atoms with Gasteiger partial charge in [-0.1, -0.05) is 52.3 Å². The fourth-order valence-corrected chi connectivity index (χ4v) is 3.75. The van der Waals surface area contributed by atoms with E-state index in [9.17, 15) is 0 Å². The van der Waals surface area contributed by atoms with E-state index in [2.05, 4.69) is 69.9 Å². The maximum absolute atomic E-state index is 6.22. The standard InChI is InChI=1S/C21H27BrN2O/c1-21(2,25-20-10-6-9-19(22)15-20)17-24-13-11-23(12-14-24)16-18-7-4-3-5-8-18/h3-10,15H,11-14,16-17H2,1-2H3. The number of piperazine rings is 1. The van der Waals surface area contributed by atoms with Crippen LogP contribution >= 0.6 is 15.9 Å². The van der Waals surface area contributed by atoms with E-state index in [4.69, 9.17) is 4.74 Å². The molecule has 3 rings (SSSR count). The highest BCUT2D eigenvalue weighted by Crippen LogP contribution is 2.23. The van der Waals surface area contributed by atoms with Crippen molar-refractivity contribution in [3.8, 4) is 5.75 Å². The molecule has 0 amide bonds. The lowest BCUT2D eigenvalue weighted by Gasteiger charge is -2.39. The molecule has 0 aliphatic carbocycles. The molecule has 2 aromatic rings. The molecular formula is C21H27BrN2O. The van der Waals surface area contributed by atoms with Gasteiger partial charge >= 0.3 is 0 Å². The van der Waals surface area contributed by atoms with E-state index in [1.165, 1.54) is 5.56 Å². The summed E-state index contributed by atoms with van der Waals surface area (Å²) in [4.78, 5) is 5.05. The topological polar surface area (TPSA) is 15.7 Å². The van der Waals surface area contributed by atoms with E-state index in [0.29, 0.717) is 0 Å². The van der Waals surface area contributed by atoms with Crippen molar-refractivity contribution in [1.29, 1.82) is 0 Å². The van der Waals surface area contributed by atoms with Crippen LogP contribution in [0.5, 0.6) is 5.75 Å². The number of hydrogen-bond acceptors (Lipinski definition) is 3. The molecule has 1 heterocycles. The Labute approximate surface area is 159 Å². The van der Waals surface area contributed by atoms with Gasteiger partial charge in [-0.3, -0.25) is 9.80 Å². The van der Waals surface area contributed by atoms with Crippen LogP contribution in [-0.4, -0.2) is 48.1 Å². The van der Waals surface area contributed by atoms with Gasteiger partial charge in [0.05, 0.1) is 0 Å². The van der Waals surface area contributed by atoms with Crippen LogP contribution in [0.15, 0.2) is 59.1 Å². The Bertz CT molecular complexity index is 667. The molecule has 0 aromatic heterocycles. The van der Waals surface area contributed by atoms with E-state index in [0.717, 1.165) is 49.5 Å². The monoisotopic (exact) mass is 402 g/mol. The van der Waals surface area contributed by atoms with Crippen LogP contribution < -0.4 is 4.74 Å². The SMILES string of the molecule is CC(C)(CN1CCN(Cc2ccccc2)CC1)Oc1cccc(Br)c1. The smallest absolute Gasteiger partial charge is 0.121 e. The Hall–Kier alpha value is -1.36. The fraction of sp³-hybridized carbons (Fsp3) is 0.429. The van der Waals surface area contributed by atoms with Gasteiger partial charge in [-0.25, -0.2) is 0 Å². The summed E-state index contributed by atoms with van der Waals surface area (Å²) < 4.78 is 7.27. The quantitative estimate of drug-likeness (QED) is 0.710. The van der Waals surface area contributed by atoms with E-state index >= 15 is 0 Å². The Morgan fingerprint density at radius 3 is 2.28 bits per heavy atom. The highest BCUT2D eigenvalue weighted by Gasteiger charge is 2.26. The highest BCUT2D eigenvalue weighted by molar-refractivity contribution is 9.10. The number of benzene rings is 2. The molecule has 4 heteroatoms. The third-order valence-electron chi connectivity index (χ3n) is 4.51. The summed E-state index contributed by atoms with van der Waals surface area (Å²) in [5, 5.41) is 0. The number of hydrogen-bond donors (Lipinski definition) is 0. The van der Waals surface area contributed by atoms with Crippen molar-refractivity contribution in [2.45, 2.75) is 26.0 Å². The molecule has 3 nitrogen and oxygen atoms in total. The number of halogens is 1.